The van der Waals surface area contributed by atoms with Gasteiger partial charge in [-0.15, -0.1) is 0 Å². The Labute approximate surface area is 188 Å². The predicted molar refractivity (Wildman–Crippen MR) is 110 cm³/mol. The summed E-state index contributed by atoms with van der Waals surface area (Å²) in [5, 5.41) is 20.3. The van der Waals surface area contributed by atoms with Gasteiger partial charge in [0.15, 0.2) is 11.8 Å². The van der Waals surface area contributed by atoms with Crippen molar-refractivity contribution in [1.29, 1.82) is 0 Å². The lowest BCUT2D eigenvalue weighted by atomic mass is 9.85. The van der Waals surface area contributed by atoms with Crippen molar-refractivity contribution in [2.24, 2.45) is 16.8 Å². The Morgan fingerprint density at radius 3 is 2.26 bits per heavy atom. The van der Waals surface area contributed by atoms with E-state index < -0.39 is 64.5 Å². The number of rotatable bonds is 3. The maximum Gasteiger partial charge on any atom is 0.416 e. The van der Waals surface area contributed by atoms with Crippen LogP contribution in [0.1, 0.15) is 21.5 Å². The number of halogens is 3. The number of ketones is 1. The topological polar surface area (TPSA) is 124 Å². The zero-order valence-corrected chi connectivity index (χ0v) is 16.9. The van der Waals surface area contributed by atoms with Crippen LogP contribution in [0.25, 0.3) is 5.76 Å². The number of allylic oxidation sites excluding steroid dienone is 1. The van der Waals surface area contributed by atoms with Gasteiger partial charge in [-0.2, -0.15) is 13.2 Å². The first kappa shape index (κ1) is 21.6. The molecule has 0 aromatic heterocycles. The summed E-state index contributed by atoms with van der Waals surface area (Å²) >= 11 is 0. The van der Waals surface area contributed by atoms with Gasteiger partial charge in [0.1, 0.15) is 5.76 Å². The molecule has 2 N–H and O–H groups in total. The van der Waals surface area contributed by atoms with Crippen LogP contribution in [-0.4, -0.2) is 45.5 Å². The first-order valence-electron chi connectivity index (χ1n) is 9.95. The van der Waals surface area contributed by atoms with Crippen molar-refractivity contribution in [2.75, 3.05) is 4.90 Å². The highest BCUT2D eigenvalue weighted by Crippen LogP contribution is 2.44. The Kier molecular flexibility index (Phi) is 4.51. The lowest BCUT2D eigenvalue weighted by molar-refractivity contribution is -0.141. The van der Waals surface area contributed by atoms with Crippen molar-refractivity contribution in [3.8, 4) is 0 Å². The highest BCUT2D eigenvalue weighted by Gasteiger charge is 2.61. The maximum atomic E-state index is 13.3. The first-order valence-corrected chi connectivity index (χ1v) is 9.95. The van der Waals surface area contributed by atoms with E-state index in [-0.39, 0.29) is 22.5 Å². The summed E-state index contributed by atoms with van der Waals surface area (Å²) in [7, 11) is 0. The van der Waals surface area contributed by atoms with Gasteiger partial charge in [0.25, 0.3) is 0 Å². The Morgan fingerprint density at radius 2 is 1.65 bits per heavy atom. The number of Topliss-reactive ketones (excluding diaryl/α,β-unsaturated/α-hetero) is 1. The van der Waals surface area contributed by atoms with E-state index in [4.69, 9.17) is 0 Å². The van der Waals surface area contributed by atoms with Gasteiger partial charge in [-0.3, -0.25) is 19.4 Å². The van der Waals surface area contributed by atoms with Gasteiger partial charge in [0, 0.05) is 11.1 Å². The number of alkyl halides is 3. The van der Waals surface area contributed by atoms with E-state index in [0.29, 0.717) is 11.0 Å². The highest BCUT2D eigenvalue weighted by atomic mass is 19.4. The number of aliphatic hydroxyl groups excluding tert-OH is 1. The molecule has 0 bridgehead atoms. The van der Waals surface area contributed by atoms with Crippen LogP contribution in [0.3, 0.4) is 0 Å². The molecule has 3 atom stereocenters. The van der Waals surface area contributed by atoms with Crippen molar-refractivity contribution >= 4 is 40.7 Å². The fourth-order valence-corrected chi connectivity index (χ4v) is 4.61. The summed E-state index contributed by atoms with van der Waals surface area (Å²) in [6.45, 7) is 0. The Balaban J connectivity index is 1.62. The molecule has 3 aliphatic rings. The van der Waals surface area contributed by atoms with Crippen molar-refractivity contribution in [2.45, 2.75) is 12.2 Å². The minimum Gasteiger partial charge on any atom is -0.506 e. The van der Waals surface area contributed by atoms with Crippen LogP contribution in [0.15, 0.2) is 59.1 Å². The molecule has 2 aromatic carbocycles. The van der Waals surface area contributed by atoms with E-state index in [1.807, 2.05) is 0 Å². The first-order chi connectivity index (χ1) is 16.0. The SMILES string of the molecule is O=C1C(C2=NC(C(=O)O)C3C(=O)N(c4cccc(C(F)(F)F)c4)C(=O)C23)=C(O)c2ccccc21. The second kappa shape index (κ2) is 7.11. The Morgan fingerprint density at radius 1 is 0.971 bits per heavy atom. The third kappa shape index (κ3) is 2.89. The Hall–Kier alpha value is -4.28. The lowest BCUT2D eigenvalue weighted by Gasteiger charge is -2.18. The number of benzene rings is 2. The number of aliphatic carboxylic acids is 1. The third-order valence-corrected chi connectivity index (χ3v) is 6.10. The molecule has 1 fully saturated rings. The quantitative estimate of drug-likeness (QED) is 0.665. The largest absolute Gasteiger partial charge is 0.506 e. The normalized spacial score (nSPS) is 24.0. The van der Waals surface area contributed by atoms with E-state index in [0.717, 1.165) is 18.2 Å². The van der Waals surface area contributed by atoms with Crippen molar-refractivity contribution in [3.05, 3.63) is 70.8 Å². The summed E-state index contributed by atoms with van der Waals surface area (Å²) in [6.07, 6.45) is -4.74. The Bertz CT molecular complexity index is 1380. The van der Waals surface area contributed by atoms with Crippen LogP contribution in [0.4, 0.5) is 18.9 Å². The standard InChI is InChI=1S/C23H13F3N2O6/c24-23(25,26)9-4-3-5-10(8-9)28-20(31)13-14(21(28)32)17(22(33)34)27-16(13)15-18(29)11-6-1-2-7-12(11)19(15)30/h1-8,13-14,17,29H,(H,33,34). The summed E-state index contributed by atoms with van der Waals surface area (Å²) in [5.74, 6) is -7.98. The smallest absolute Gasteiger partial charge is 0.416 e. The van der Waals surface area contributed by atoms with Gasteiger partial charge in [-0.1, -0.05) is 30.3 Å². The monoisotopic (exact) mass is 470 g/mol. The van der Waals surface area contributed by atoms with Gasteiger partial charge in [0.05, 0.1) is 34.4 Å². The van der Waals surface area contributed by atoms with E-state index in [1.54, 1.807) is 12.1 Å². The van der Waals surface area contributed by atoms with Crippen molar-refractivity contribution < 1.29 is 42.6 Å². The second-order valence-corrected chi connectivity index (χ2v) is 7.96. The minimum absolute atomic E-state index is 0.111. The fraction of sp³-hybridized carbons (Fsp3) is 0.174. The molecule has 2 aliphatic heterocycles. The zero-order chi connectivity index (χ0) is 24.5. The van der Waals surface area contributed by atoms with Crippen LogP contribution in [0, 0.1) is 11.8 Å². The number of nitrogens with zero attached hydrogens (tertiary/aromatic N) is 2. The summed E-state index contributed by atoms with van der Waals surface area (Å²) in [5.41, 5.74) is -1.99. The van der Waals surface area contributed by atoms with Crippen LogP contribution in [-0.2, 0) is 20.6 Å². The van der Waals surface area contributed by atoms with E-state index >= 15 is 0 Å². The molecular formula is C23H13F3N2O6. The average Bonchev–Trinajstić information content (AvgIpc) is 3.38. The molecule has 3 unspecified atom stereocenters. The highest BCUT2D eigenvalue weighted by molar-refractivity contribution is 6.42. The predicted octanol–water partition coefficient (Wildman–Crippen LogP) is 2.88. The number of anilines is 1. The number of aliphatic hydroxyl groups is 1. The number of carboxylic acid groups (broad SMARTS) is 1. The number of aliphatic imine (C=N–C) groups is 1. The summed E-state index contributed by atoms with van der Waals surface area (Å²) in [6, 6.07) is 7.73. The average molecular weight is 470 g/mol. The number of carbonyl (C=O) groups excluding carboxylic acids is 3. The molecule has 8 nitrogen and oxygen atoms in total. The number of hydrogen-bond donors (Lipinski definition) is 2. The molecule has 5 rings (SSSR count). The van der Waals surface area contributed by atoms with Crippen LogP contribution in [0.2, 0.25) is 0 Å². The second-order valence-electron chi connectivity index (χ2n) is 7.96. The van der Waals surface area contributed by atoms with E-state index in [2.05, 4.69) is 4.99 Å². The van der Waals surface area contributed by atoms with Crippen molar-refractivity contribution in [1.82, 2.24) is 0 Å². The third-order valence-electron chi connectivity index (χ3n) is 6.10. The van der Waals surface area contributed by atoms with Gasteiger partial charge >= 0.3 is 12.1 Å². The molecule has 172 valence electrons. The number of hydrogen-bond acceptors (Lipinski definition) is 6. The maximum absolute atomic E-state index is 13.3. The van der Waals surface area contributed by atoms with Gasteiger partial charge < -0.3 is 10.2 Å². The number of carbonyl (C=O) groups is 4. The molecule has 34 heavy (non-hydrogen) atoms. The zero-order valence-electron chi connectivity index (χ0n) is 16.9. The van der Waals surface area contributed by atoms with E-state index in [1.165, 1.54) is 12.1 Å². The molecule has 11 heteroatoms. The number of fused-ring (bicyclic) bond motifs is 2. The summed E-state index contributed by atoms with van der Waals surface area (Å²) in [4.78, 5) is 55.7. The van der Waals surface area contributed by atoms with E-state index in [9.17, 15) is 42.6 Å². The van der Waals surface area contributed by atoms with Gasteiger partial charge in [-0.05, 0) is 18.2 Å². The molecule has 0 saturated carbocycles. The molecule has 2 aromatic rings. The molecule has 1 aliphatic carbocycles. The lowest BCUT2D eigenvalue weighted by Crippen LogP contribution is -2.36. The molecule has 2 heterocycles. The number of amides is 2. The van der Waals surface area contributed by atoms with Crippen LogP contribution in [0.5, 0.6) is 0 Å². The minimum atomic E-state index is -4.74. The van der Waals surface area contributed by atoms with Crippen molar-refractivity contribution in [3.63, 3.8) is 0 Å². The van der Waals surface area contributed by atoms with Crippen LogP contribution < -0.4 is 4.90 Å². The fourth-order valence-electron chi connectivity index (χ4n) is 4.61. The number of imide groups is 1. The number of carboxylic acids is 1. The molecular weight excluding hydrogens is 457 g/mol. The molecule has 1 saturated heterocycles. The summed E-state index contributed by atoms with van der Waals surface area (Å²) < 4.78 is 39.5. The molecule has 2 amide bonds. The van der Waals surface area contributed by atoms with Gasteiger partial charge in [-0.25, -0.2) is 9.69 Å². The van der Waals surface area contributed by atoms with Gasteiger partial charge in [0.2, 0.25) is 11.8 Å². The molecule has 0 spiro atoms. The molecule has 0 radical (unpaired) electrons. The van der Waals surface area contributed by atoms with Crippen LogP contribution >= 0.6 is 0 Å².